The molecule has 0 heterocycles. The van der Waals surface area contributed by atoms with E-state index < -0.39 is 0 Å². The van der Waals surface area contributed by atoms with Gasteiger partial charge < -0.3 is 5.32 Å². The topological polar surface area (TPSA) is 52.9 Å². The number of benzene rings is 1. The van der Waals surface area contributed by atoms with Gasteiger partial charge in [0.15, 0.2) is 0 Å². The third-order valence-electron chi connectivity index (χ3n) is 2.34. The van der Waals surface area contributed by atoms with Crippen LogP contribution in [-0.4, -0.2) is 12.5 Å². The van der Waals surface area contributed by atoms with Crippen LogP contribution in [0.5, 0.6) is 0 Å². The highest BCUT2D eigenvalue weighted by atomic mass is 35.5. The van der Waals surface area contributed by atoms with Crippen LogP contribution < -0.4 is 5.32 Å². The number of nitrogens with zero attached hydrogens (tertiary/aromatic N) is 1. The number of halogens is 1. The number of nitriles is 1. The van der Waals surface area contributed by atoms with Crippen LogP contribution in [0.2, 0.25) is 5.02 Å². The van der Waals surface area contributed by atoms with Crippen LogP contribution in [-0.2, 0) is 4.79 Å². The standard InChI is InChI=1S/C14H15ClN2O/c1-2-3-7-17-14(18)12(10-16)8-11-5-4-6-13(15)9-11/h4-6,8-9H,2-3,7H2,1H3,(H,17,18)/b12-8-. The number of unbranched alkanes of at least 4 members (excludes halogenated alkanes) is 1. The van der Waals surface area contributed by atoms with Crippen LogP contribution in [0.1, 0.15) is 25.3 Å². The SMILES string of the molecule is CCCCNC(=O)/C(C#N)=C\c1cccc(Cl)c1. The molecule has 0 unspecified atom stereocenters. The molecular weight excluding hydrogens is 248 g/mol. The summed E-state index contributed by atoms with van der Waals surface area (Å²) in [5.41, 5.74) is 0.832. The molecule has 0 fully saturated rings. The zero-order valence-corrected chi connectivity index (χ0v) is 11.0. The Morgan fingerprint density at radius 2 is 2.33 bits per heavy atom. The van der Waals surface area contributed by atoms with E-state index in [0.717, 1.165) is 18.4 Å². The van der Waals surface area contributed by atoms with Gasteiger partial charge in [0.2, 0.25) is 0 Å². The van der Waals surface area contributed by atoms with E-state index in [0.29, 0.717) is 11.6 Å². The Balaban J connectivity index is 2.77. The Bertz CT molecular complexity index is 489. The quantitative estimate of drug-likeness (QED) is 0.503. The first-order valence-electron chi connectivity index (χ1n) is 5.83. The molecule has 1 N–H and O–H groups in total. The lowest BCUT2D eigenvalue weighted by Crippen LogP contribution is -2.25. The van der Waals surface area contributed by atoms with Gasteiger partial charge in [-0.1, -0.05) is 37.1 Å². The van der Waals surface area contributed by atoms with E-state index in [4.69, 9.17) is 16.9 Å². The average molecular weight is 263 g/mol. The lowest BCUT2D eigenvalue weighted by Gasteiger charge is -2.02. The molecule has 0 aliphatic carbocycles. The fourth-order valence-electron chi connectivity index (χ4n) is 1.39. The summed E-state index contributed by atoms with van der Waals surface area (Å²) in [5.74, 6) is -0.342. The maximum atomic E-state index is 11.7. The molecule has 4 heteroatoms. The van der Waals surface area contributed by atoms with E-state index in [1.54, 1.807) is 24.3 Å². The Labute approximate surface area is 112 Å². The summed E-state index contributed by atoms with van der Waals surface area (Å²) in [6.45, 7) is 2.63. The van der Waals surface area contributed by atoms with Crippen molar-refractivity contribution in [1.29, 1.82) is 5.26 Å². The van der Waals surface area contributed by atoms with Crippen molar-refractivity contribution in [1.82, 2.24) is 5.32 Å². The minimum atomic E-state index is -0.342. The van der Waals surface area contributed by atoms with Gasteiger partial charge in [-0.05, 0) is 30.2 Å². The highest BCUT2D eigenvalue weighted by molar-refractivity contribution is 6.30. The van der Waals surface area contributed by atoms with Crippen LogP contribution in [0.4, 0.5) is 0 Å². The monoisotopic (exact) mass is 262 g/mol. The van der Waals surface area contributed by atoms with Gasteiger partial charge in [0.05, 0.1) is 0 Å². The first-order valence-corrected chi connectivity index (χ1v) is 6.20. The fraction of sp³-hybridized carbons (Fsp3) is 0.286. The van der Waals surface area contributed by atoms with Gasteiger partial charge in [-0.3, -0.25) is 4.79 Å². The molecule has 0 atom stereocenters. The second kappa shape index (κ2) is 7.52. The Morgan fingerprint density at radius 3 is 2.94 bits per heavy atom. The molecule has 0 saturated heterocycles. The van der Waals surface area contributed by atoms with Crippen molar-refractivity contribution in [3.63, 3.8) is 0 Å². The van der Waals surface area contributed by atoms with Crippen molar-refractivity contribution in [2.45, 2.75) is 19.8 Å². The first kappa shape index (κ1) is 14.3. The molecule has 0 bridgehead atoms. The van der Waals surface area contributed by atoms with Gasteiger partial charge in [0, 0.05) is 11.6 Å². The van der Waals surface area contributed by atoms with Crippen LogP contribution >= 0.6 is 11.6 Å². The number of hydrogen-bond donors (Lipinski definition) is 1. The van der Waals surface area contributed by atoms with Gasteiger partial charge in [0.1, 0.15) is 11.6 Å². The number of carbonyl (C=O) groups is 1. The summed E-state index contributed by atoms with van der Waals surface area (Å²) in [7, 11) is 0. The molecule has 1 aromatic rings. The second-order valence-electron chi connectivity index (χ2n) is 3.83. The molecule has 3 nitrogen and oxygen atoms in total. The highest BCUT2D eigenvalue weighted by Gasteiger charge is 2.07. The van der Waals surface area contributed by atoms with Crippen molar-refractivity contribution in [3.8, 4) is 6.07 Å². The smallest absolute Gasteiger partial charge is 0.261 e. The van der Waals surface area contributed by atoms with Crippen molar-refractivity contribution in [3.05, 3.63) is 40.4 Å². The van der Waals surface area contributed by atoms with Gasteiger partial charge >= 0.3 is 0 Å². The van der Waals surface area contributed by atoms with Gasteiger partial charge in [0.25, 0.3) is 5.91 Å². The van der Waals surface area contributed by atoms with Crippen LogP contribution in [0, 0.1) is 11.3 Å². The lowest BCUT2D eigenvalue weighted by molar-refractivity contribution is -0.117. The van der Waals surface area contributed by atoms with Crippen molar-refractivity contribution in [2.24, 2.45) is 0 Å². The molecule has 0 saturated carbocycles. The third kappa shape index (κ3) is 4.60. The fourth-order valence-corrected chi connectivity index (χ4v) is 1.58. The molecular formula is C14H15ClN2O. The predicted molar refractivity (Wildman–Crippen MR) is 73.0 cm³/mol. The molecule has 0 aliphatic heterocycles. The normalized spacial score (nSPS) is 10.8. The van der Waals surface area contributed by atoms with Gasteiger partial charge in [-0.25, -0.2) is 0 Å². The van der Waals surface area contributed by atoms with E-state index in [-0.39, 0.29) is 11.5 Å². The number of carbonyl (C=O) groups excluding carboxylic acids is 1. The molecule has 0 spiro atoms. The highest BCUT2D eigenvalue weighted by Crippen LogP contribution is 2.13. The van der Waals surface area contributed by atoms with E-state index in [9.17, 15) is 4.79 Å². The van der Waals surface area contributed by atoms with Crippen molar-refractivity contribution >= 4 is 23.6 Å². The van der Waals surface area contributed by atoms with E-state index in [1.165, 1.54) is 6.08 Å². The molecule has 1 aromatic carbocycles. The molecule has 0 aliphatic rings. The minimum absolute atomic E-state index is 0.0911. The Morgan fingerprint density at radius 1 is 1.56 bits per heavy atom. The second-order valence-corrected chi connectivity index (χ2v) is 4.27. The number of nitrogens with one attached hydrogen (secondary N) is 1. The van der Waals surface area contributed by atoms with Gasteiger partial charge in [-0.15, -0.1) is 0 Å². The van der Waals surface area contributed by atoms with Crippen molar-refractivity contribution < 1.29 is 4.79 Å². The lowest BCUT2D eigenvalue weighted by atomic mass is 10.1. The summed E-state index contributed by atoms with van der Waals surface area (Å²) in [4.78, 5) is 11.7. The van der Waals surface area contributed by atoms with Crippen LogP contribution in [0.25, 0.3) is 6.08 Å². The van der Waals surface area contributed by atoms with Gasteiger partial charge in [-0.2, -0.15) is 5.26 Å². The summed E-state index contributed by atoms with van der Waals surface area (Å²) in [6, 6.07) is 8.92. The predicted octanol–water partition coefficient (Wildman–Crippen LogP) is 3.16. The molecule has 0 radical (unpaired) electrons. The van der Waals surface area contributed by atoms with E-state index in [2.05, 4.69) is 5.32 Å². The van der Waals surface area contributed by atoms with E-state index in [1.807, 2.05) is 13.0 Å². The minimum Gasteiger partial charge on any atom is -0.351 e. The largest absolute Gasteiger partial charge is 0.351 e. The molecule has 0 aromatic heterocycles. The summed E-state index contributed by atoms with van der Waals surface area (Å²) < 4.78 is 0. The average Bonchev–Trinajstić information content (AvgIpc) is 2.36. The third-order valence-corrected chi connectivity index (χ3v) is 2.58. The zero-order valence-electron chi connectivity index (χ0n) is 10.2. The first-order chi connectivity index (χ1) is 8.67. The molecule has 94 valence electrons. The molecule has 18 heavy (non-hydrogen) atoms. The Kier molecular flexibility index (Phi) is 5.96. The number of hydrogen-bond acceptors (Lipinski definition) is 2. The maximum absolute atomic E-state index is 11.7. The Hall–Kier alpha value is -1.79. The molecule has 1 amide bonds. The van der Waals surface area contributed by atoms with Crippen LogP contribution in [0.3, 0.4) is 0 Å². The number of rotatable bonds is 5. The van der Waals surface area contributed by atoms with Crippen LogP contribution in [0.15, 0.2) is 29.8 Å². The van der Waals surface area contributed by atoms with Crippen molar-refractivity contribution in [2.75, 3.05) is 6.54 Å². The summed E-state index contributed by atoms with van der Waals surface area (Å²) in [5, 5.41) is 12.3. The van der Waals surface area contributed by atoms with E-state index >= 15 is 0 Å². The molecule has 1 rings (SSSR count). The summed E-state index contributed by atoms with van der Waals surface area (Å²) in [6.07, 6.45) is 3.44. The summed E-state index contributed by atoms with van der Waals surface area (Å²) >= 11 is 5.84. The number of amides is 1. The maximum Gasteiger partial charge on any atom is 0.261 e. The zero-order chi connectivity index (χ0) is 13.4.